The second kappa shape index (κ2) is 9.61. The maximum absolute atomic E-state index is 12.9. The van der Waals surface area contributed by atoms with Gasteiger partial charge >= 0.3 is 0 Å². The first-order valence-corrected chi connectivity index (χ1v) is 9.23. The van der Waals surface area contributed by atoms with E-state index in [1.165, 1.54) is 0 Å². The Morgan fingerprint density at radius 2 is 1.85 bits per heavy atom. The van der Waals surface area contributed by atoms with Gasteiger partial charge in [-0.15, -0.1) is 0 Å². The van der Waals surface area contributed by atoms with Gasteiger partial charge in [0.15, 0.2) is 0 Å². The molecule has 0 aliphatic carbocycles. The van der Waals surface area contributed by atoms with E-state index in [0.717, 1.165) is 37.9 Å². The zero-order valence-corrected chi connectivity index (χ0v) is 15.2. The van der Waals surface area contributed by atoms with Gasteiger partial charge in [0.05, 0.1) is 10.4 Å². The number of thioether (sulfide) groups is 1. The molecule has 20 heavy (non-hydrogen) atoms. The van der Waals surface area contributed by atoms with Gasteiger partial charge in [-0.05, 0) is 38.2 Å². The molecule has 0 saturated carbocycles. The van der Waals surface area contributed by atoms with Crippen LogP contribution in [0.25, 0.3) is 0 Å². The van der Waals surface area contributed by atoms with Gasteiger partial charge in [0.2, 0.25) is 5.91 Å². The average Bonchev–Trinajstić information content (AvgIpc) is 2.42. The van der Waals surface area contributed by atoms with E-state index in [4.69, 9.17) is 18.0 Å². The third-order valence-electron chi connectivity index (χ3n) is 3.96. The number of carbonyl (C=O) groups excluding carboxylic acids is 1. The number of hydrogen-bond donors (Lipinski definition) is 1. The van der Waals surface area contributed by atoms with E-state index in [0.29, 0.717) is 4.99 Å². The van der Waals surface area contributed by atoms with Crippen LogP contribution in [0.2, 0.25) is 0 Å². The number of nitrogens with zero attached hydrogens (tertiary/aromatic N) is 1. The number of thiocarbonyl (C=S) groups is 1. The first-order chi connectivity index (χ1) is 9.37. The minimum absolute atomic E-state index is 0.0994. The van der Waals surface area contributed by atoms with Crippen molar-refractivity contribution in [1.29, 1.82) is 0 Å². The van der Waals surface area contributed by atoms with Crippen LogP contribution in [0.5, 0.6) is 0 Å². The van der Waals surface area contributed by atoms with Crippen LogP contribution in [-0.2, 0) is 4.79 Å². The Kier molecular flexibility index (Phi) is 9.47. The highest BCUT2D eigenvalue weighted by Crippen LogP contribution is 2.33. The van der Waals surface area contributed by atoms with Gasteiger partial charge in [-0.3, -0.25) is 4.79 Å². The lowest BCUT2D eigenvalue weighted by Crippen LogP contribution is -2.51. The van der Waals surface area contributed by atoms with Crippen LogP contribution in [-0.4, -0.2) is 40.9 Å². The fraction of sp³-hybridized carbons (Fsp3) is 0.867. The lowest BCUT2D eigenvalue weighted by molar-refractivity contribution is -0.139. The van der Waals surface area contributed by atoms with Crippen molar-refractivity contribution < 1.29 is 4.79 Å². The molecule has 1 atom stereocenters. The topological polar surface area (TPSA) is 46.3 Å². The zero-order chi connectivity index (χ0) is 15.8. The van der Waals surface area contributed by atoms with Crippen LogP contribution in [0, 0.1) is 5.41 Å². The van der Waals surface area contributed by atoms with Crippen molar-refractivity contribution in [1.82, 2.24) is 4.90 Å². The molecule has 3 nitrogen and oxygen atoms in total. The summed E-state index contributed by atoms with van der Waals surface area (Å²) >= 11 is 7.06. The number of amides is 1. The molecule has 0 radical (unpaired) electrons. The molecule has 0 aliphatic rings. The zero-order valence-electron chi connectivity index (χ0n) is 13.6. The van der Waals surface area contributed by atoms with Gasteiger partial charge in [-0.25, -0.2) is 0 Å². The quantitative estimate of drug-likeness (QED) is 0.627. The number of nitrogens with two attached hydrogens (primary N) is 1. The molecule has 0 bridgehead atoms. The lowest BCUT2D eigenvalue weighted by Gasteiger charge is -2.37. The Balaban J connectivity index is 5.15. The third-order valence-corrected chi connectivity index (χ3v) is 4.99. The molecule has 0 aromatic heterocycles. The maximum atomic E-state index is 12.9. The predicted molar refractivity (Wildman–Crippen MR) is 94.3 cm³/mol. The fourth-order valence-electron chi connectivity index (χ4n) is 2.56. The van der Waals surface area contributed by atoms with Crippen LogP contribution in [0.15, 0.2) is 0 Å². The summed E-state index contributed by atoms with van der Waals surface area (Å²) in [5.41, 5.74) is 5.31. The Hall–Kier alpha value is -0.290. The van der Waals surface area contributed by atoms with Gasteiger partial charge in [0.25, 0.3) is 0 Å². The summed E-state index contributed by atoms with van der Waals surface area (Å²) < 4.78 is 0. The summed E-state index contributed by atoms with van der Waals surface area (Å²) in [7, 11) is 1.88. The van der Waals surface area contributed by atoms with E-state index in [9.17, 15) is 4.79 Å². The van der Waals surface area contributed by atoms with Gasteiger partial charge in [-0.1, -0.05) is 38.9 Å². The van der Waals surface area contributed by atoms with E-state index in [1.807, 2.05) is 11.9 Å². The number of hydrogen-bond acceptors (Lipinski definition) is 3. The molecular formula is C15H30N2OS2. The highest BCUT2D eigenvalue weighted by molar-refractivity contribution is 7.98. The third kappa shape index (κ3) is 4.92. The van der Waals surface area contributed by atoms with Gasteiger partial charge in [0, 0.05) is 13.1 Å². The van der Waals surface area contributed by atoms with Gasteiger partial charge < -0.3 is 10.6 Å². The van der Waals surface area contributed by atoms with Crippen molar-refractivity contribution in [3.8, 4) is 0 Å². The van der Waals surface area contributed by atoms with Crippen LogP contribution in [0.1, 0.15) is 52.9 Å². The Labute approximate surface area is 134 Å². The summed E-state index contributed by atoms with van der Waals surface area (Å²) in [4.78, 5) is 15.1. The Bertz CT molecular complexity index is 315. The SMILES string of the molecule is CCCC(CCC)(C(=O)N(C)C(C)CCSC)C(N)=S. The molecule has 1 amide bonds. The minimum atomic E-state index is -0.652. The molecule has 0 saturated heterocycles. The lowest BCUT2D eigenvalue weighted by atomic mass is 9.77. The molecule has 2 N–H and O–H groups in total. The van der Waals surface area contributed by atoms with E-state index >= 15 is 0 Å². The summed E-state index contributed by atoms with van der Waals surface area (Å²) in [5.74, 6) is 1.16. The normalized spacial score (nSPS) is 13.1. The number of rotatable bonds is 10. The molecular weight excluding hydrogens is 288 g/mol. The highest BCUT2D eigenvalue weighted by atomic mass is 32.2. The molecule has 0 fully saturated rings. The van der Waals surface area contributed by atoms with Crippen LogP contribution in [0.4, 0.5) is 0 Å². The summed E-state index contributed by atoms with van der Waals surface area (Å²) in [5, 5.41) is 0. The van der Waals surface area contributed by atoms with E-state index in [2.05, 4.69) is 27.0 Å². The standard InChI is InChI=1S/C15H30N2OS2/c1-6-9-15(10-7-2,13(16)19)14(18)17(4)12(3)8-11-20-5/h12H,6-11H2,1-5H3,(H2,16,19). The summed E-state index contributed by atoms with van der Waals surface area (Å²) in [6.45, 7) is 6.25. The molecule has 0 heterocycles. The molecule has 1 unspecified atom stereocenters. The smallest absolute Gasteiger partial charge is 0.235 e. The molecule has 0 rings (SSSR count). The summed E-state index contributed by atoms with van der Waals surface area (Å²) in [6.07, 6.45) is 6.40. The first-order valence-electron chi connectivity index (χ1n) is 7.43. The van der Waals surface area contributed by atoms with Gasteiger partial charge in [0.1, 0.15) is 0 Å². The molecule has 0 aromatic carbocycles. The Morgan fingerprint density at radius 1 is 1.35 bits per heavy atom. The van der Waals surface area contributed by atoms with Crippen LogP contribution < -0.4 is 5.73 Å². The average molecular weight is 319 g/mol. The Morgan fingerprint density at radius 3 is 2.20 bits per heavy atom. The summed E-state index contributed by atoms with van der Waals surface area (Å²) in [6, 6.07) is 0.220. The first kappa shape index (κ1) is 19.7. The molecule has 0 aromatic rings. The molecule has 0 spiro atoms. The van der Waals surface area contributed by atoms with E-state index in [1.54, 1.807) is 11.8 Å². The number of carbonyl (C=O) groups is 1. The van der Waals surface area contributed by atoms with Crippen molar-refractivity contribution >= 4 is 34.9 Å². The van der Waals surface area contributed by atoms with E-state index < -0.39 is 5.41 Å². The largest absolute Gasteiger partial charge is 0.392 e. The van der Waals surface area contributed by atoms with Crippen LogP contribution >= 0.6 is 24.0 Å². The van der Waals surface area contributed by atoms with Crippen molar-refractivity contribution in [3.05, 3.63) is 0 Å². The monoisotopic (exact) mass is 318 g/mol. The van der Waals surface area contributed by atoms with E-state index in [-0.39, 0.29) is 11.9 Å². The van der Waals surface area contributed by atoms with Crippen molar-refractivity contribution in [2.24, 2.45) is 11.1 Å². The van der Waals surface area contributed by atoms with Gasteiger partial charge in [-0.2, -0.15) is 11.8 Å². The maximum Gasteiger partial charge on any atom is 0.235 e. The predicted octanol–water partition coefficient (Wildman–Crippen LogP) is 3.46. The molecule has 5 heteroatoms. The second-order valence-electron chi connectivity index (χ2n) is 5.49. The highest BCUT2D eigenvalue weighted by Gasteiger charge is 2.42. The van der Waals surface area contributed by atoms with Crippen molar-refractivity contribution in [2.75, 3.05) is 19.1 Å². The molecule has 118 valence electrons. The minimum Gasteiger partial charge on any atom is -0.392 e. The van der Waals surface area contributed by atoms with Crippen LogP contribution in [0.3, 0.4) is 0 Å². The van der Waals surface area contributed by atoms with Crippen molar-refractivity contribution in [2.45, 2.75) is 58.9 Å². The van der Waals surface area contributed by atoms with Crippen molar-refractivity contribution in [3.63, 3.8) is 0 Å². The molecule has 0 aliphatic heterocycles. The second-order valence-corrected chi connectivity index (χ2v) is 6.92. The fourth-order valence-corrected chi connectivity index (χ4v) is 3.43.